The van der Waals surface area contributed by atoms with E-state index in [-0.39, 0.29) is 0 Å². The molecule has 0 spiro atoms. The van der Waals surface area contributed by atoms with E-state index < -0.39 is 0 Å². The maximum Gasteiger partial charge on any atom is 0.135 e. The first kappa shape index (κ1) is 35.7. The number of benzene rings is 11. The Morgan fingerprint density at radius 2 is 0.806 bits per heavy atom. The van der Waals surface area contributed by atoms with Crippen LogP contribution in [0, 0.1) is 0 Å². The first-order valence-corrected chi connectivity index (χ1v) is 21.2. The Morgan fingerprint density at radius 1 is 0.258 bits per heavy atom. The molecule has 0 saturated heterocycles. The second-order valence-corrected chi connectivity index (χ2v) is 16.0. The van der Waals surface area contributed by atoms with Gasteiger partial charge in [0.05, 0.1) is 0 Å². The molecule has 0 aliphatic heterocycles. The van der Waals surface area contributed by atoms with Crippen LogP contribution in [-0.2, 0) is 0 Å². The van der Waals surface area contributed by atoms with Crippen LogP contribution in [0.3, 0.4) is 0 Å². The fourth-order valence-corrected chi connectivity index (χ4v) is 9.57. The van der Waals surface area contributed by atoms with Crippen molar-refractivity contribution in [3.8, 4) is 44.5 Å². The van der Waals surface area contributed by atoms with Crippen LogP contribution in [0.5, 0.6) is 0 Å². The van der Waals surface area contributed by atoms with Gasteiger partial charge in [-0.2, -0.15) is 0 Å². The Hall–Kier alpha value is -8.20. The molecule has 2 heteroatoms. The first-order valence-electron chi connectivity index (χ1n) is 21.2. The lowest BCUT2D eigenvalue weighted by Gasteiger charge is -2.26. The number of hydrogen-bond donors (Lipinski definition) is 0. The highest BCUT2D eigenvalue weighted by atomic mass is 16.3. The lowest BCUT2D eigenvalue weighted by molar-refractivity contribution is 0.669. The van der Waals surface area contributed by atoms with Gasteiger partial charge in [-0.1, -0.05) is 182 Å². The molecule has 0 unspecified atom stereocenters. The molecule has 0 bridgehead atoms. The second-order valence-electron chi connectivity index (χ2n) is 16.0. The molecule has 62 heavy (non-hydrogen) atoms. The molecule has 12 rings (SSSR count). The van der Waals surface area contributed by atoms with Crippen molar-refractivity contribution in [1.29, 1.82) is 0 Å². The molecule has 0 aliphatic carbocycles. The first-order chi connectivity index (χ1) is 30.7. The van der Waals surface area contributed by atoms with E-state index in [0.29, 0.717) is 0 Å². The van der Waals surface area contributed by atoms with Crippen LogP contribution in [0.15, 0.2) is 241 Å². The third-order valence-corrected chi connectivity index (χ3v) is 12.4. The summed E-state index contributed by atoms with van der Waals surface area (Å²) in [6.45, 7) is 0. The molecule has 0 fully saturated rings. The van der Waals surface area contributed by atoms with Gasteiger partial charge >= 0.3 is 0 Å². The summed E-state index contributed by atoms with van der Waals surface area (Å²) < 4.78 is 6.29. The molecule has 0 aliphatic rings. The average Bonchev–Trinajstić information content (AvgIpc) is 3.72. The van der Waals surface area contributed by atoms with E-state index in [1.54, 1.807) is 0 Å². The van der Waals surface area contributed by atoms with Crippen LogP contribution >= 0.6 is 0 Å². The molecule has 0 N–H and O–H groups in total. The number of nitrogens with zero attached hydrogens (tertiary/aromatic N) is 1. The summed E-state index contributed by atoms with van der Waals surface area (Å²) in [5, 5.41) is 9.68. The van der Waals surface area contributed by atoms with E-state index in [1.807, 2.05) is 12.1 Å². The SMILES string of the molecule is c1ccc(-c2c(-c3ccccc3)c3cc(-c4ccc(N(c5cccc(-c6cccc7ccccc67)c5)c5ccc6oc7ccccc7c6c5)cc4)ccc3c3ccccc23)cc1. The molecule has 290 valence electrons. The van der Waals surface area contributed by atoms with Crippen molar-refractivity contribution in [3.63, 3.8) is 0 Å². The van der Waals surface area contributed by atoms with Gasteiger partial charge in [0.2, 0.25) is 0 Å². The Balaban J connectivity index is 1.02. The molecule has 1 aromatic heterocycles. The van der Waals surface area contributed by atoms with E-state index in [9.17, 15) is 0 Å². The highest BCUT2D eigenvalue weighted by Gasteiger charge is 2.20. The van der Waals surface area contributed by atoms with Crippen molar-refractivity contribution in [2.24, 2.45) is 0 Å². The molecular weight excluding hydrogens is 751 g/mol. The van der Waals surface area contributed by atoms with Gasteiger partial charge in [0.25, 0.3) is 0 Å². The fourth-order valence-electron chi connectivity index (χ4n) is 9.57. The lowest BCUT2D eigenvalue weighted by Crippen LogP contribution is -2.10. The smallest absolute Gasteiger partial charge is 0.135 e. The van der Waals surface area contributed by atoms with E-state index in [2.05, 4.69) is 229 Å². The van der Waals surface area contributed by atoms with Gasteiger partial charge < -0.3 is 9.32 Å². The minimum absolute atomic E-state index is 0.879. The molecule has 0 saturated carbocycles. The molecule has 0 amide bonds. The van der Waals surface area contributed by atoms with Crippen LogP contribution in [-0.4, -0.2) is 0 Å². The van der Waals surface area contributed by atoms with Crippen molar-refractivity contribution in [2.75, 3.05) is 4.90 Å². The number of rotatable bonds is 7. The minimum atomic E-state index is 0.879. The zero-order valence-electron chi connectivity index (χ0n) is 33.9. The standard InChI is InChI=1S/C60H39NO/c1-3-16-42(17-4-1)59-54-26-10-9-24-51(54)52-35-31-44(38-56(52)60(59)43-18-5-2-6-19-43)40-29-32-46(33-30-40)61(48-34-36-58-55(39-48)53-25-11-12-28-57(53)62-58)47-22-13-21-45(37-47)50-27-14-20-41-15-7-8-23-49(41)50/h1-39H. The Labute approximate surface area is 360 Å². The molecule has 0 atom stereocenters. The van der Waals surface area contributed by atoms with Crippen molar-refractivity contribution in [2.45, 2.75) is 0 Å². The lowest BCUT2D eigenvalue weighted by atomic mass is 9.84. The number of para-hydroxylation sites is 1. The normalized spacial score (nSPS) is 11.5. The van der Waals surface area contributed by atoms with E-state index in [1.165, 1.54) is 71.3 Å². The molecule has 0 radical (unpaired) electrons. The highest BCUT2D eigenvalue weighted by Crippen LogP contribution is 2.46. The van der Waals surface area contributed by atoms with Crippen LogP contribution in [0.25, 0.3) is 98.8 Å². The summed E-state index contributed by atoms with van der Waals surface area (Å²) in [7, 11) is 0. The third-order valence-electron chi connectivity index (χ3n) is 12.4. The number of furan rings is 1. The molecule has 2 nitrogen and oxygen atoms in total. The Morgan fingerprint density at radius 3 is 1.60 bits per heavy atom. The topological polar surface area (TPSA) is 16.4 Å². The monoisotopic (exact) mass is 789 g/mol. The summed E-state index contributed by atoms with van der Waals surface area (Å²) in [6, 6.07) is 85.5. The molecule has 1 heterocycles. The van der Waals surface area contributed by atoms with Gasteiger partial charge in [-0.25, -0.2) is 0 Å². The van der Waals surface area contributed by atoms with Crippen molar-refractivity contribution < 1.29 is 4.42 Å². The highest BCUT2D eigenvalue weighted by molar-refractivity contribution is 6.22. The summed E-state index contributed by atoms with van der Waals surface area (Å²) in [5.41, 5.74) is 14.6. The van der Waals surface area contributed by atoms with Gasteiger partial charge in [-0.15, -0.1) is 0 Å². The van der Waals surface area contributed by atoms with Crippen molar-refractivity contribution >= 4 is 71.3 Å². The van der Waals surface area contributed by atoms with E-state index in [4.69, 9.17) is 4.42 Å². The quantitative estimate of drug-likeness (QED) is 0.150. The van der Waals surface area contributed by atoms with Gasteiger partial charge in [0.1, 0.15) is 11.2 Å². The fraction of sp³-hybridized carbons (Fsp3) is 0. The average molecular weight is 790 g/mol. The zero-order chi connectivity index (χ0) is 41.0. The molecule has 12 aromatic rings. The number of hydrogen-bond acceptors (Lipinski definition) is 2. The van der Waals surface area contributed by atoms with Gasteiger partial charge in [-0.05, 0) is 131 Å². The van der Waals surface area contributed by atoms with Crippen LogP contribution in [0.2, 0.25) is 0 Å². The summed E-state index contributed by atoms with van der Waals surface area (Å²) >= 11 is 0. The van der Waals surface area contributed by atoms with Gasteiger partial charge in [0.15, 0.2) is 0 Å². The zero-order valence-corrected chi connectivity index (χ0v) is 33.9. The predicted octanol–water partition coefficient (Wildman–Crippen LogP) is 17.2. The predicted molar refractivity (Wildman–Crippen MR) is 263 cm³/mol. The van der Waals surface area contributed by atoms with Crippen LogP contribution in [0.4, 0.5) is 17.1 Å². The molecular formula is C60H39NO. The van der Waals surface area contributed by atoms with Crippen LogP contribution in [0.1, 0.15) is 0 Å². The van der Waals surface area contributed by atoms with Gasteiger partial charge in [0, 0.05) is 27.8 Å². The Kier molecular flexibility index (Phi) is 8.53. The second kappa shape index (κ2) is 14.8. The summed E-state index contributed by atoms with van der Waals surface area (Å²) in [6.07, 6.45) is 0. The van der Waals surface area contributed by atoms with E-state index >= 15 is 0 Å². The van der Waals surface area contributed by atoms with E-state index in [0.717, 1.165) is 44.6 Å². The maximum absolute atomic E-state index is 6.29. The van der Waals surface area contributed by atoms with Crippen molar-refractivity contribution in [3.05, 3.63) is 237 Å². The maximum atomic E-state index is 6.29. The third kappa shape index (κ3) is 6.04. The Bertz CT molecular complexity index is 3620. The number of anilines is 3. The minimum Gasteiger partial charge on any atom is -0.456 e. The number of fused-ring (bicyclic) bond motifs is 7. The van der Waals surface area contributed by atoms with Gasteiger partial charge in [-0.3, -0.25) is 0 Å². The van der Waals surface area contributed by atoms with Crippen LogP contribution < -0.4 is 4.90 Å². The largest absolute Gasteiger partial charge is 0.456 e. The molecule has 11 aromatic carbocycles. The summed E-state index contributed by atoms with van der Waals surface area (Å²) in [5.74, 6) is 0. The van der Waals surface area contributed by atoms with Crippen molar-refractivity contribution in [1.82, 2.24) is 0 Å². The summed E-state index contributed by atoms with van der Waals surface area (Å²) in [4.78, 5) is 2.37.